The van der Waals surface area contributed by atoms with Crippen molar-refractivity contribution >= 4 is 42.0 Å². The van der Waals surface area contributed by atoms with E-state index in [-0.39, 0.29) is 18.2 Å². The highest BCUT2D eigenvalue weighted by atomic mass is 31.2. The van der Waals surface area contributed by atoms with Crippen LogP contribution < -0.4 is 15.0 Å². The first-order chi connectivity index (χ1) is 19.7. The smallest absolute Gasteiger partial charge is 0.465 e. The van der Waals surface area contributed by atoms with Gasteiger partial charge in [0.25, 0.3) is 0 Å². The number of nitrogens with zero attached hydrogens (tertiary/aromatic N) is 5. The fraction of sp³-hybridized carbons (Fsp3) is 0.259. The van der Waals surface area contributed by atoms with Gasteiger partial charge in [0.05, 0.1) is 23.0 Å². The average Bonchev–Trinajstić information content (AvgIpc) is 3.41. The Morgan fingerprint density at radius 3 is 2.73 bits per heavy atom. The third-order valence-electron chi connectivity index (χ3n) is 6.61. The number of aromatic nitrogens is 4. The van der Waals surface area contributed by atoms with Crippen molar-refractivity contribution in [2.45, 2.75) is 6.42 Å². The minimum atomic E-state index is -4.70. The molecule has 41 heavy (non-hydrogen) atoms. The Morgan fingerprint density at radius 2 is 1.98 bits per heavy atom. The first kappa shape index (κ1) is 28.4. The Bertz CT molecular complexity index is 1610. The zero-order valence-electron chi connectivity index (χ0n) is 22.4. The van der Waals surface area contributed by atoms with Crippen molar-refractivity contribution in [1.82, 2.24) is 25.1 Å². The Kier molecular flexibility index (Phi) is 8.43. The Hall–Kier alpha value is -4.13. The van der Waals surface area contributed by atoms with Gasteiger partial charge >= 0.3 is 7.82 Å². The van der Waals surface area contributed by atoms with E-state index in [1.807, 2.05) is 36.4 Å². The summed E-state index contributed by atoms with van der Waals surface area (Å²) in [7, 11) is -2.65. The fourth-order valence-corrected chi connectivity index (χ4v) is 4.71. The summed E-state index contributed by atoms with van der Waals surface area (Å²) in [4.78, 5) is 43.8. The molecule has 214 valence electrons. The molecule has 1 fully saturated rings. The average molecular weight is 580 g/mol. The molecule has 4 aromatic rings. The summed E-state index contributed by atoms with van der Waals surface area (Å²) in [5.41, 5.74) is 4.13. The summed E-state index contributed by atoms with van der Waals surface area (Å²) in [6, 6.07) is 13.0. The second-order valence-electron chi connectivity index (χ2n) is 9.56. The molecule has 0 radical (unpaired) electrons. The molecule has 2 aromatic carbocycles. The number of likely N-dealkylation sites (N-methyl/N-ethyl adjacent to an activating group) is 1. The maximum atomic E-state index is 11.9. The second kappa shape index (κ2) is 12.2. The molecule has 14 heteroatoms. The molecule has 2 aromatic heterocycles. The van der Waals surface area contributed by atoms with Crippen LogP contribution in [-0.4, -0.2) is 80.7 Å². The third-order valence-corrected chi connectivity index (χ3v) is 7.05. The molecule has 0 unspecified atom stereocenters. The fourth-order valence-electron chi connectivity index (χ4n) is 4.52. The van der Waals surface area contributed by atoms with Crippen LogP contribution in [0, 0.1) is 0 Å². The number of carbonyl (C=O) groups excluding carboxylic acids is 1. The number of hydrogen-bond acceptors (Lipinski definition) is 10. The SMILES string of the molecule is C=CC(=O)Cc1cccc(-c2nc(Nc3ccc(N4CCN(C)CC4)c(OCOP(=O)(O)O)c3)nc3[nH]ncc23)c1. The predicted molar refractivity (Wildman–Crippen MR) is 154 cm³/mol. The molecule has 0 atom stereocenters. The molecule has 0 amide bonds. The van der Waals surface area contributed by atoms with E-state index in [9.17, 15) is 9.36 Å². The van der Waals surface area contributed by atoms with Gasteiger partial charge in [0.2, 0.25) is 5.95 Å². The van der Waals surface area contributed by atoms with Gasteiger partial charge in [-0.2, -0.15) is 10.1 Å². The molecule has 4 N–H and O–H groups in total. The first-order valence-corrected chi connectivity index (χ1v) is 14.3. The molecule has 5 rings (SSSR count). The van der Waals surface area contributed by atoms with Crippen molar-refractivity contribution in [1.29, 1.82) is 0 Å². The van der Waals surface area contributed by atoms with E-state index in [0.29, 0.717) is 28.2 Å². The number of hydrogen-bond donors (Lipinski definition) is 4. The van der Waals surface area contributed by atoms with Gasteiger partial charge in [-0.3, -0.25) is 9.89 Å². The predicted octanol–water partition coefficient (Wildman–Crippen LogP) is 3.26. The van der Waals surface area contributed by atoms with Crippen molar-refractivity contribution in [3.05, 3.63) is 66.9 Å². The highest BCUT2D eigenvalue weighted by Gasteiger charge is 2.20. The number of piperazine rings is 1. The summed E-state index contributed by atoms with van der Waals surface area (Å²) >= 11 is 0. The number of fused-ring (bicyclic) bond motifs is 1. The summed E-state index contributed by atoms with van der Waals surface area (Å²) in [6.07, 6.45) is 3.18. The molecule has 3 heterocycles. The molecule has 13 nitrogen and oxygen atoms in total. The van der Waals surface area contributed by atoms with Crippen molar-refractivity contribution in [2.24, 2.45) is 0 Å². The molecular weight excluding hydrogens is 549 g/mol. The van der Waals surface area contributed by atoms with Crippen LogP contribution >= 0.6 is 7.82 Å². The molecule has 0 bridgehead atoms. The van der Waals surface area contributed by atoms with Crippen LogP contribution in [-0.2, 0) is 20.3 Å². The lowest BCUT2D eigenvalue weighted by molar-refractivity contribution is -0.114. The van der Waals surface area contributed by atoms with Crippen LogP contribution in [0.15, 0.2) is 61.3 Å². The number of allylic oxidation sites excluding steroid dienone is 1. The van der Waals surface area contributed by atoms with E-state index in [1.165, 1.54) is 6.08 Å². The van der Waals surface area contributed by atoms with Crippen molar-refractivity contribution in [3.63, 3.8) is 0 Å². The zero-order chi connectivity index (χ0) is 29.0. The van der Waals surface area contributed by atoms with Gasteiger partial charge in [0.1, 0.15) is 5.75 Å². The van der Waals surface area contributed by atoms with Crippen LogP contribution in [0.1, 0.15) is 5.56 Å². The van der Waals surface area contributed by atoms with E-state index in [2.05, 4.69) is 48.4 Å². The number of phosphoric acid groups is 1. The zero-order valence-corrected chi connectivity index (χ0v) is 23.3. The molecule has 1 saturated heterocycles. The van der Waals surface area contributed by atoms with Crippen molar-refractivity contribution in [2.75, 3.05) is 50.2 Å². The number of phosphoric ester groups is 1. The van der Waals surface area contributed by atoms with Gasteiger partial charge in [0.15, 0.2) is 18.2 Å². The summed E-state index contributed by atoms with van der Waals surface area (Å²) in [6.45, 7) is 6.17. The van der Waals surface area contributed by atoms with Gasteiger partial charge in [-0.05, 0) is 36.9 Å². The van der Waals surface area contributed by atoms with Crippen molar-refractivity contribution in [3.8, 4) is 17.0 Å². The number of H-pyrrole nitrogens is 1. The number of nitrogens with one attached hydrogen (secondary N) is 2. The number of benzene rings is 2. The monoisotopic (exact) mass is 579 g/mol. The molecule has 1 aliphatic heterocycles. The molecule has 0 aliphatic carbocycles. The van der Waals surface area contributed by atoms with Crippen LogP contribution in [0.3, 0.4) is 0 Å². The number of anilines is 3. The number of aromatic amines is 1. The lowest BCUT2D eigenvalue weighted by Crippen LogP contribution is -2.44. The summed E-state index contributed by atoms with van der Waals surface area (Å²) in [5, 5.41) is 10.9. The molecular formula is C27H30N7O6P. The van der Waals surface area contributed by atoms with Crippen LogP contribution in [0.25, 0.3) is 22.3 Å². The Morgan fingerprint density at radius 1 is 1.17 bits per heavy atom. The largest absolute Gasteiger partial charge is 0.472 e. The Labute approximate surface area is 236 Å². The highest BCUT2D eigenvalue weighted by molar-refractivity contribution is 7.46. The number of rotatable bonds is 11. The van der Waals surface area contributed by atoms with Crippen molar-refractivity contribution < 1.29 is 28.4 Å². The maximum absolute atomic E-state index is 11.9. The van der Waals surface area contributed by atoms with Gasteiger partial charge in [0, 0.05) is 49.9 Å². The highest BCUT2D eigenvalue weighted by Crippen LogP contribution is 2.38. The summed E-state index contributed by atoms with van der Waals surface area (Å²) < 4.78 is 21.4. The van der Waals surface area contributed by atoms with E-state index in [4.69, 9.17) is 19.5 Å². The second-order valence-corrected chi connectivity index (χ2v) is 10.8. The van der Waals surface area contributed by atoms with Crippen LogP contribution in [0.2, 0.25) is 0 Å². The van der Waals surface area contributed by atoms with Gasteiger partial charge < -0.3 is 29.6 Å². The van der Waals surface area contributed by atoms with E-state index >= 15 is 0 Å². The standard InChI is InChI=1S/C27H30N7O6P/c1-3-21(35)14-18-5-4-6-19(13-18)25-22-16-28-32-26(22)31-27(30-25)29-20-7-8-23(34-11-9-33(2)10-12-34)24(15-20)39-17-40-41(36,37)38/h3-8,13,15-16H,1,9-12,14,17H2,2H3,(H2,36,37,38)(H2,28,29,30,31,32). The lowest BCUT2D eigenvalue weighted by atomic mass is 10.0. The topological polar surface area (TPSA) is 166 Å². The van der Waals surface area contributed by atoms with Gasteiger partial charge in [-0.15, -0.1) is 0 Å². The van der Waals surface area contributed by atoms with E-state index in [1.54, 1.807) is 12.3 Å². The number of carbonyl (C=O) groups is 1. The van der Waals surface area contributed by atoms with E-state index < -0.39 is 14.6 Å². The van der Waals surface area contributed by atoms with E-state index in [0.717, 1.165) is 43.0 Å². The first-order valence-electron chi connectivity index (χ1n) is 12.8. The van der Waals surface area contributed by atoms with Crippen LogP contribution in [0.5, 0.6) is 5.75 Å². The minimum absolute atomic E-state index is 0.0788. The summed E-state index contributed by atoms with van der Waals surface area (Å²) in [5.74, 6) is 0.592. The third kappa shape index (κ3) is 7.15. The quantitative estimate of drug-likeness (QED) is 0.117. The number of ketones is 1. The maximum Gasteiger partial charge on any atom is 0.472 e. The number of ether oxygens (including phenoxy) is 1. The minimum Gasteiger partial charge on any atom is -0.465 e. The van der Waals surface area contributed by atoms with Gasteiger partial charge in [-0.1, -0.05) is 24.8 Å². The van der Waals surface area contributed by atoms with Gasteiger partial charge in [-0.25, -0.2) is 14.1 Å². The molecule has 1 aliphatic rings. The molecule has 0 spiro atoms. The van der Waals surface area contributed by atoms with Crippen LogP contribution in [0.4, 0.5) is 17.3 Å². The Balaban J connectivity index is 1.45. The molecule has 0 saturated carbocycles. The normalized spacial score (nSPS) is 14.3. The lowest BCUT2D eigenvalue weighted by Gasteiger charge is -2.35.